The van der Waals surface area contributed by atoms with Gasteiger partial charge in [-0.25, -0.2) is 0 Å². The minimum Gasteiger partial charge on any atom is -0.391 e. The average molecular weight is 329 g/mol. The number of ketones is 1. The summed E-state index contributed by atoms with van der Waals surface area (Å²) in [5.41, 5.74) is 3.95. The first-order valence-corrected chi connectivity index (χ1v) is 8.19. The van der Waals surface area contributed by atoms with E-state index >= 15 is 0 Å². The second kappa shape index (κ2) is 8.60. The third-order valence-corrected chi connectivity index (χ3v) is 3.81. The summed E-state index contributed by atoms with van der Waals surface area (Å²) in [5.74, 6) is 0.0201. The SMILES string of the molecule is O=C(C/C=N\OCc1ccccc1)c1ccc(-c2ccccc2)cc1. The fourth-order valence-electron chi connectivity index (χ4n) is 2.46. The number of carbonyl (C=O) groups is 1. The second-order valence-corrected chi connectivity index (χ2v) is 5.62. The fourth-order valence-corrected chi connectivity index (χ4v) is 2.46. The average Bonchev–Trinajstić information content (AvgIpc) is 2.69. The largest absolute Gasteiger partial charge is 0.391 e. The molecule has 0 N–H and O–H groups in total. The minimum atomic E-state index is 0.0201. The number of hydrogen-bond donors (Lipinski definition) is 0. The van der Waals surface area contributed by atoms with Crippen LogP contribution >= 0.6 is 0 Å². The van der Waals surface area contributed by atoms with Crippen molar-refractivity contribution in [3.05, 3.63) is 96.1 Å². The van der Waals surface area contributed by atoms with Crippen molar-refractivity contribution in [3.63, 3.8) is 0 Å². The normalized spacial score (nSPS) is 10.7. The van der Waals surface area contributed by atoms with Gasteiger partial charge in [0.1, 0.15) is 6.61 Å². The molecule has 3 rings (SSSR count). The second-order valence-electron chi connectivity index (χ2n) is 5.62. The lowest BCUT2D eigenvalue weighted by Gasteiger charge is -2.03. The van der Waals surface area contributed by atoms with Crippen LogP contribution < -0.4 is 0 Å². The number of nitrogens with zero attached hydrogens (tertiary/aromatic N) is 1. The molecule has 0 aliphatic carbocycles. The van der Waals surface area contributed by atoms with E-state index in [1.54, 1.807) is 0 Å². The van der Waals surface area contributed by atoms with E-state index < -0.39 is 0 Å². The molecule has 0 heterocycles. The number of oxime groups is 1. The van der Waals surface area contributed by atoms with Gasteiger partial charge >= 0.3 is 0 Å². The Morgan fingerprint density at radius 3 is 2.08 bits per heavy atom. The van der Waals surface area contributed by atoms with Crippen LogP contribution in [0.4, 0.5) is 0 Å². The molecule has 124 valence electrons. The van der Waals surface area contributed by atoms with E-state index in [2.05, 4.69) is 5.16 Å². The van der Waals surface area contributed by atoms with Gasteiger partial charge in [-0.1, -0.05) is 90.1 Å². The van der Waals surface area contributed by atoms with Crippen LogP contribution in [-0.4, -0.2) is 12.0 Å². The van der Waals surface area contributed by atoms with E-state index in [1.807, 2.05) is 84.9 Å². The maximum atomic E-state index is 12.2. The highest BCUT2D eigenvalue weighted by molar-refractivity contribution is 6.03. The zero-order valence-electron chi connectivity index (χ0n) is 13.8. The molecular weight excluding hydrogens is 310 g/mol. The summed E-state index contributed by atoms with van der Waals surface area (Å²) in [6, 6.07) is 27.5. The molecule has 0 aliphatic rings. The summed E-state index contributed by atoms with van der Waals surface area (Å²) in [4.78, 5) is 17.4. The smallest absolute Gasteiger partial charge is 0.168 e. The van der Waals surface area contributed by atoms with E-state index in [9.17, 15) is 4.79 Å². The van der Waals surface area contributed by atoms with Gasteiger partial charge in [0.2, 0.25) is 0 Å². The van der Waals surface area contributed by atoms with Gasteiger partial charge in [-0.3, -0.25) is 4.79 Å². The fraction of sp³-hybridized carbons (Fsp3) is 0.0909. The van der Waals surface area contributed by atoms with Crippen molar-refractivity contribution in [2.75, 3.05) is 0 Å². The van der Waals surface area contributed by atoms with Gasteiger partial charge in [0.25, 0.3) is 0 Å². The van der Waals surface area contributed by atoms with Crippen LogP contribution in [0.2, 0.25) is 0 Å². The summed E-state index contributed by atoms with van der Waals surface area (Å²) < 4.78 is 0. The molecule has 0 unspecified atom stereocenters. The first kappa shape index (κ1) is 16.7. The van der Waals surface area contributed by atoms with Crippen LogP contribution in [0.25, 0.3) is 11.1 Å². The third-order valence-electron chi connectivity index (χ3n) is 3.81. The predicted molar refractivity (Wildman–Crippen MR) is 101 cm³/mol. The van der Waals surface area contributed by atoms with Gasteiger partial charge < -0.3 is 4.84 Å². The van der Waals surface area contributed by atoms with Crippen molar-refractivity contribution in [1.82, 2.24) is 0 Å². The highest BCUT2D eigenvalue weighted by Gasteiger charge is 2.05. The number of rotatable bonds is 7. The number of carbonyl (C=O) groups excluding carboxylic acids is 1. The molecule has 0 fully saturated rings. The molecule has 0 saturated carbocycles. The highest BCUT2D eigenvalue weighted by atomic mass is 16.6. The lowest BCUT2D eigenvalue weighted by molar-refractivity contribution is 0.0996. The van der Waals surface area contributed by atoms with E-state index in [0.29, 0.717) is 12.2 Å². The third kappa shape index (κ3) is 4.88. The maximum Gasteiger partial charge on any atom is 0.168 e. The van der Waals surface area contributed by atoms with Crippen LogP contribution in [0, 0.1) is 0 Å². The van der Waals surface area contributed by atoms with Crippen molar-refractivity contribution in [1.29, 1.82) is 0 Å². The van der Waals surface area contributed by atoms with E-state index in [0.717, 1.165) is 16.7 Å². The lowest BCUT2D eigenvalue weighted by Crippen LogP contribution is -1.99. The van der Waals surface area contributed by atoms with Crippen molar-refractivity contribution in [3.8, 4) is 11.1 Å². The van der Waals surface area contributed by atoms with Crippen molar-refractivity contribution < 1.29 is 9.63 Å². The molecule has 3 aromatic carbocycles. The van der Waals surface area contributed by atoms with Gasteiger partial charge in [-0.05, 0) is 16.7 Å². The molecule has 0 bridgehead atoms. The summed E-state index contributed by atoms with van der Waals surface area (Å²) in [6.07, 6.45) is 1.73. The predicted octanol–water partition coefficient (Wildman–Crippen LogP) is 5.13. The molecule has 0 aliphatic heterocycles. The Bertz CT molecular complexity index is 825. The molecule has 0 saturated heterocycles. The Kier molecular flexibility index (Phi) is 5.73. The Balaban J connectivity index is 1.50. The van der Waals surface area contributed by atoms with Crippen molar-refractivity contribution in [2.45, 2.75) is 13.0 Å². The van der Waals surface area contributed by atoms with Crippen LogP contribution in [-0.2, 0) is 11.4 Å². The van der Waals surface area contributed by atoms with Gasteiger partial charge in [-0.2, -0.15) is 0 Å². The number of hydrogen-bond acceptors (Lipinski definition) is 3. The van der Waals surface area contributed by atoms with Crippen LogP contribution in [0.1, 0.15) is 22.3 Å². The molecule has 0 atom stereocenters. The zero-order valence-corrected chi connectivity index (χ0v) is 13.8. The van der Waals surface area contributed by atoms with Gasteiger partial charge in [0.05, 0.1) is 6.21 Å². The summed E-state index contributed by atoms with van der Waals surface area (Å²) >= 11 is 0. The first-order valence-electron chi connectivity index (χ1n) is 8.19. The van der Waals surface area contributed by atoms with Gasteiger partial charge in [-0.15, -0.1) is 0 Å². The first-order chi connectivity index (χ1) is 12.3. The lowest BCUT2D eigenvalue weighted by atomic mass is 10.0. The Hall–Kier alpha value is -3.20. The highest BCUT2D eigenvalue weighted by Crippen LogP contribution is 2.19. The molecule has 25 heavy (non-hydrogen) atoms. The molecular formula is C22H19NO2. The molecule has 0 amide bonds. The number of Topliss-reactive ketones (excluding diaryl/α,β-unsaturated/α-hetero) is 1. The molecule has 3 aromatic rings. The van der Waals surface area contributed by atoms with Crippen molar-refractivity contribution >= 4 is 12.0 Å². The standard InChI is InChI=1S/C22H19NO2/c24-22(15-16-23-25-17-18-7-3-1-4-8-18)21-13-11-20(12-14-21)19-9-5-2-6-10-19/h1-14,16H,15,17H2/b23-16-. The summed E-state index contributed by atoms with van der Waals surface area (Å²) in [5, 5.41) is 3.85. The van der Waals surface area contributed by atoms with Crippen LogP contribution in [0.5, 0.6) is 0 Å². The Morgan fingerprint density at radius 2 is 1.40 bits per heavy atom. The van der Waals surface area contributed by atoms with Crippen molar-refractivity contribution in [2.24, 2.45) is 5.16 Å². The van der Waals surface area contributed by atoms with Gasteiger partial charge in [0.15, 0.2) is 5.78 Å². The van der Waals surface area contributed by atoms with E-state index in [1.165, 1.54) is 6.21 Å². The minimum absolute atomic E-state index is 0.0201. The zero-order chi connectivity index (χ0) is 17.3. The van der Waals surface area contributed by atoms with Gasteiger partial charge in [0, 0.05) is 12.0 Å². The molecule has 3 heteroatoms. The Morgan fingerprint density at radius 1 is 0.800 bits per heavy atom. The molecule has 0 radical (unpaired) electrons. The van der Waals surface area contributed by atoms with Crippen LogP contribution in [0.3, 0.4) is 0 Å². The number of benzene rings is 3. The monoisotopic (exact) mass is 329 g/mol. The molecule has 0 spiro atoms. The van der Waals surface area contributed by atoms with E-state index in [4.69, 9.17) is 4.84 Å². The molecule has 0 aromatic heterocycles. The van der Waals surface area contributed by atoms with Crippen LogP contribution in [0.15, 0.2) is 90.1 Å². The summed E-state index contributed by atoms with van der Waals surface area (Å²) in [6.45, 7) is 0.400. The quantitative estimate of drug-likeness (QED) is 0.342. The summed E-state index contributed by atoms with van der Waals surface area (Å²) in [7, 11) is 0. The Labute approximate surface area is 147 Å². The molecule has 3 nitrogen and oxygen atoms in total. The maximum absolute atomic E-state index is 12.2. The topological polar surface area (TPSA) is 38.7 Å². The van der Waals surface area contributed by atoms with E-state index in [-0.39, 0.29) is 12.2 Å².